The van der Waals surface area contributed by atoms with Crippen LogP contribution in [0.2, 0.25) is 5.02 Å². The monoisotopic (exact) mass is 389 g/mol. The van der Waals surface area contributed by atoms with Crippen LogP contribution >= 0.6 is 11.6 Å². The third-order valence-corrected chi connectivity index (χ3v) is 4.59. The predicted octanol–water partition coefficient (Wildman–Crippen LogP) is 3.86. The summed E-state index contributed by atoms with van der Waals surface area (Å²) < 4.78 is 4.72. The Balaban J connectivity index is 2.07. The van der Waals surface area contributed by atoms with E-state index in [1.165, 1.54) is 7.11 Å². The zero-order valence-corrected chi connectivity index (χ0v) is 16.6. The first kappa shape index (κ1) is 20.7. The molecule has 1 unspecified atom stereocenters. The van der Waals surface area contributed by atoms with Crippen LogP contribution < -0.4 is 10.6 Å². The van der Waals surface area contributed by atoms with Gasteiger partial charge in [0.05, 0.1) is 18.7 Å². The average molecular weight is 390 g/mol. The van der Waals surface area contributed by atoms with Crippen molar-refractivity contribution in [2.75, 3.05) is 33.1 Å². The number of aryl methyl sites for hydroxylation is 1. The number of urea groups is 1. The van der Waals surface area contributed by atoms with Crippen LogP contribution in [0, 0.1) is 6.92 Å². The summed E-state index contributed by atoms with van der Waals surface area (Å²) >= 11 is 6.29. The molecule has 0 aliphatic rings. The van der Waals surface area contributed by atoms with Crippen LogP contribution in [0.4, 0.5) is 10.5 Å². The van der Waals surface area contributed by atoms with Crippen LogP contribution in [0.25, 0.3) is 0 Å². The normalized spacial score (nSPS) is 11.8. The van der Waals surface area contributed by atoms with Crippen molar-refractivity contribution < 1.29 is 14.3 Å². The molecule has 0 radical (unpaired) electrons. The summed E-state index contributed by atoms with van der Waals surface area (Å²) in [5.41, 5.74) is 2.71. The second-order valence-electron chi connectivity index (χ2n) is 6.36. The number of carbonyl (C=O) groups excluding carboxylic acids is 2. The summed E-state index contributed by atoms with van der Waals surface area (Å²) in [5.74, 6) is -0.454. The summed E-state index contributed by atoms with van der Waals surface area (Å²) in [7, 11) is 5.17. The van der Waals surface area contributed by atoms with Gasteiger partial charge in [-0.15, -0.1) is 0 Å². The van der Waals surface area contributed by atoms with Gasteiger partial charge in [-0.3, -0.25) is 0 Å². The molecule has 1 atom stereocenters. The number of halogens is 1. The van der Waals surface area contributed by atoms with Crippen molar-refractivity contribution in [2.45, 2.75) is 13.0 Å². The Kier molecular flexibility index (Phi) is 7.21. The molecule has 0 saturated heterocycles. The fourth-order valence-corrected chi connectivity index (χ4v) is 2.94. The second-order valence-corrected chi connectivity index (χ2v) is 6.76. The SMILES string of the molecule is COC(=O)c1ccc(C)c(NC(=O)NCC(c2ccccc2Cl)N(C)C)c1. The van der Waals surface area contributed by atoms with E-state index in [4.69, 9.17) is 16.3 Å². The van der Waals surface area contributed by atoms with E-state index in [1.54, 1.807) is 18.2 Å². The zero-order valence-electron chi connectivity index (χ0n) is 15.9. The van der Waals surface area contributed by atoms with Crippen molar-refractivity contribution in [1.29, 1.82) is 0 Å². The molecule has 7 heteroatoms. The lowest BCUT2D eigenvalue weighted by Crippen LogP contribution is -2.37. The predicted molar refractivity (Wildman–Crippen MR) is 107 cm³/mol. The first-order valence-electron chi connectivity index (χ1n) is 8.48. The van der Waals surface area contributed by atoms with Gasteiger partial charge in [-0.2, -0.15) is 0 Å². The number of hydrogen-bond donors (Lipinski definition) is 2. The molecule has 2 aromatic rings. The molecule has 2 N–H and O–H groups in total. The highest BCUT2D eigenvalue weighted by Crippen LogP contribution is 2.25. The number of ether oxygens (including phenoxy) is 1. The molecule has 0 spiro atoms. The molecule has 2 amide bonds. The van der Waals surface area contributed by atoms with E-state index in [-0.39, 0.29) is 12.1 Å². The summed E-state index contributed by atoms with van der Waals surface area (Å²) in [6, 6.07) is 12.1. The number of likely N-dealkylation sites (N-methyl/N-ethyl adjacent to an activating group) is 1. The van der Waals surface area contributed by atoms with Gasteiger partial charge >= 0.3 is 12.0 Å². The van der Waals surface area contributed by atoms with Gasteiger partial charge in [-0.1, -0.05) is 35.9 Å². The number of carbonyl (C=O) groups is 2. The van der Waals surface area contributed by atoms with Crippen molar-refractivity contribution in [3.05, 3.63) is 64.2 Å². The Labute approximate surface area is 164 Å². The standard InChI is InChI=1S/C20H24ClN3O3/c1-13-9-10-14(19(25)27-4)11-17(13)23-20(26)22-12-18(24(2)3)15-7-5-6-8-16(15)21/h5-11,18H,12H2,1-4H3,(H2,22,23,26). The maximum absolute atomic E-state index is 12.4. The minimum atomic E-state index is -0.454. The number of esters is 1. The molecule has 6 nitrogen and oxygen atoms in total. The lowest BCUT2D eigenvalue weighted by Gasteiger charge is -2.26. The molecular formula is C20H24ClN3O3. The maximum Gasteiger partial charge on any atom is 0.337 e. The number of benzene rings is 2. The molecule has 0 aliphatic heterocycles. The number of nitrogens with one attached hydrogen (secondary N) is 2. The summed E-state index contributed by atoms with van der Waals surface area (Å²) in [6.45, 7) is 2.22. The van der Waals surface area contributed by atoms with Gasteiger partial charge in [0.15, 0.2) is 0 Å². The fraction of sp³-hybridized carbons (Fsp3) is 0.300. The van der Waals surface area contributed by atoms with Crippen LogP contribution in [0.15, 0.2) is 42.5 Å². The highest BCUT2D eigenvalue weighted by Gasteiger charge is 2.18. The molecule has 0 fully saturated rings. The number of amides is 2. The van der Waals surface area contributed by atoms with Crippen molar-refractivity contribution in [1.82, 2.24) is 10.2 Å². The number of nitrogens with zero attached hydrogens (tertiary/aromatic N) is 1. The fourth-order valence-electron chi connectivity index (χ4n) is 2.67. The third kappa shape index (κ3) is 5.45. The molecule has 144 valence electrons. The largest absolute Gasteiger partial charge is 0.465 e. The van der Waals surface area contributed by atoms with Gasteiger partial charge in [-0.05, 0) is 50.3 Å². The van der Waals surface area contributed by atoms with Gasteiger partial charge in [0, 0.05) is 17.3 Å². The van der Waals surface area contributed by atoms with E-state index in [0.29, 0.717) is 22.8 Å². The Morgan fingerprint density at radius 2 is 1.89 bits per heavy atom. The van der Waals surface area contributed by atoms with Gasteiger partial charge in [0.2, 0.25) is 0 Å². The molecule has 0 aromatic heterocycles. The first-order valence-corrected chi connectivity index (χ1v) is 8.86. The van der Waals surface area contributed by atoms with Crippen LogP contribution in [0.3, 0.4) is 0 Å². The average Bonchev–Trinajstić information content (AvgIpc) is 2.64. The van der Waals surface area contributed by atoms with E-state index < -0.39 is 5.97 Å². The number of methoxy groups -OCH3 is 1. The van der Waals surface area contributed by atoms with Gasteiger partial charge in [0.25, 0.3) is 0 Å². The van der Waals surface area contributed by atoms with Crippen LogP contribution in [-0.2, 0) is 4.74 Å². The van der Waals surface area contributed by atoms with Crippen LogP contribution in [0.5, 0.6) is 0 Å². The van der Waals surface area contributed by atoms with Crippen LogP contribution in [-0.4, -0.2) is 44.7 Å². The molecule has 0 bridgehead atoms. The number of anilines is 1. The molecule has 0 heterocycles. The Hall–Kier alpha value is -2.57. The summed E-state index contributed by atoms with van der Waals surface area (Å²) in [4.78, 5) is 26.0. The molecule has 0 aliphatic carbocycles. The summed E-state index contributed by atoms with van der Waals surface area (Å²) in [5, 5.41) is 6.30. The molecule has 2 rings (SSSR count). The molecule has 27 heavy (non-hydrogen) atoms. The smallest absolute Gasteiger partial charge is 0.337 e. The molecular weight excluding hydrogens is 366 g/mol. The van der Waals surface area contributed by atoms with Gasteiger partial charge < -0.3 is 20.3 Å². The van der Waals surface area contributed by atoms with Gasteiger partial charge in [-0.25, -0.2) is 9.59 Å². The van der Waals surface area contributed by atoms with E-state index in [9.17, 15) is 9.59 Å². The molecule has 0 saturated carbocycles. The Morgan fingerprint density at radius 1 is 1.19 bits per heavy atom. The number of rotatable bonds is 6. The van der Waals surface area contributed by atoms with Crippen molar-refractivity contribution in [2.24, 2.45) is 0 Å². The van der Waals surface area contributed by atoms with E-state index in [1.807, 2.05) is 50.2 Å². The number of hydrogen-bond acceptors (Lipinski definition) is 4. The Morgan fingerprint density at radius 3 is 2.52 bits per heavy atom. The molecule has 2 aromatic carbocycles. The minimum absolute atomic E-state index is 0.0769. The highest BCUT2D eigenvalue weighted by atomic mass is 35.5. The first-order chi connectivity index (χ1) is 12.8. The van der Waals surface area contributed by atoms with Gasteiger partial charge in [0.1, 0.15) is 0 Å². The zero-order chi connectivity index (χ0) is 20.0. The highest BCUT2D eigenvalue weighted by molar-refractivity contribution is 6.31. The van der Waals surface area contributed by atoms with E-state index >= 15 is 0 Å². The quantitative estimate of drug-likeness (QED) is 0.736. The maximum atomic E-state index is 12.4. The minimum Gasteiger partial charge on any atom is -0.465 e. The van der Waals surface area contributed by atoms with E-state index in [2.05, 4.69) is 10.6 Å². The van der Waals surface area contributed by atoms with E-state index in [0.717, 1.165) is 11.1 Å². The topological polar surface area (TPSA) is 70.7 Å². The van der Waals surface area contributed by atoms with Crippen molar-refractivity contribution in [3.63, 3.8) is 0 Å². The van der Waals surface area contributed by atoms with Crippen LogP contribution in [0.1, 0.15) is 27.5 Å². The second kappa shape index (κ2) is 9.39. The van der Waals surface area contributed by atoms with Crippen molar-refractivity contribution >= 4 is 29.3 Å². The Bertz CT molecular complexity index is 824. The third-order valence-electron chi connectivity index (χ3n) is 4.25. The lowest BCUT2D eigenvalue weighted by atomic mass is 10.1. The lowest BCUT2D eigenvalue weighted by molar-refractivity contribution is 0.0600. The van der Waals surface area contributed by atoms with Crippen molar-refractivity contribution in [3.8, 4) is 0 Å². The summed E-state index contributed by atoms with van der Waals surface area (Å²) in [6.07, 6.45) is 0.